The summed E-state index contributed by atoms with van der Waals surface area (Å²) in [5, 5.41) is 10.1. The Hall–Kier alpha value is -2.09. The molecule has 1 aromatic carbocycles. The third kappa shape index (κ3) is 4.83. The lowest BCUT2D eigenvalue weighted by atomic mass is 9.99. The number of benzene rings is 1. The molecule has 14 heteroatoms. The van der Waals surface area contributed by atoms with Gasteiger partial charge in [0.15, 0.2) is 4.80 Å². The van der Waals surface area contributed by atoms with Gasteiger partial charge in [-0.25, -0.2) is 0 Å². The first-order valence-corrected chi connectivity index (χ1v) is 11.0. The van der Waals surface area contributed by atoms with Gasteiger partial charge in [-0.15, -0.1) is 0 Å². The second-order valence-electron chi connectivity index (χ2n) is 7.51. The van der Waals surface area contributed by atoms with Gasteiger partial charge in [-0.1, -0.05) is 22.9 Å². The van der Waals surface area contributed by atoms with Crippen LogP contribution in [0.4, 0.5) is 26.3 Å². The molecule has 1 amide bonds. The molecule has 0 spiro atoms. The summed E-state index contributed by atoms with van der Waals surface area (Å²) in [6.45, 7) is 1.21. The Labute approximate surface area is 198 Å². The van der Waals surface area contributed by atoms with Crippen molar-refractivity contribution in [3.63, 3.8) is 0 Å². The topological polar surface area (TPSA) is 73.0 Å². The highest BCUT2D eigenvalue weighted by molar-refractivity contribution is 7.09. The number of carbonyl (C=O) groups excluding carboxylic acids is 1. The normalized spacial score (nSPS) is 17.9. The molecule has 0 unspecified atom stereocenters. The Morgan fingerprint density at radius 1 is 1.29 bits per heavy atom. The van der Waals surface area contributed by atoms with Crippen LogP contribution in [0.15, 0.2) is 23.2 Å². The highest BCUT2D eigenvalue weighted by Gasteiger charge is 2.73. The number of hydrogen-bond acceptors (Lipinski definition) is 5. The summed E-state index contributed by atoms with van der Waals surface area (Å²) >= 11 is 5.83. The van der Waals surface area contributed by atoms with Crippen LogP contribution in [-0.4, -0.2) is 47.8 Å². The molecule has 6 nitrogen and oxygen atoms in total. The van der Waals surface area contributed by atoms with Crippen LogP contribution in [0.25, 0.3) is 0 Å². The number of amides is 1. The van der Waals surface area contributed by atoms with Crippen LogP contribution in [0.2, 0.25) is 5.02 Å². The minimum Gasteiger partial charge on any atom is -0.496 e. The third-order valence-corrected chi connectivity index (χ3v) is 6.83. The summed E-state index contributed by atoms with van der Waals surface area (Å²) in [4.78, 5) is 14.7. The zero-order valence-electron chi connectivity index (χ0n) is 17.8. The van der Waals surface area contributed by atoms with E-state index in [1.807, 2.05) is 0 Å². The lowest BCUT2D eigenvalue weighted by Gasteiger charge is -2.31. The second kappa shape index (κ2) is 9.51. The summed E-state index contributed by atoms with van der Waals surface area (Å²) in [6.07, 6.45) is -11.5. The highest BCUT2D eigenvalue weighted by atomic mass is 35.5. The Morgan fingerprint density at radius 2 is 1.94 bits per heavy atom. The van der Waals surface area contributed by atoms with Crippen LogP contribution >= 0.6 is 22.9 Å². The summed E-state index contributed by atoms with van der Waals surface area (Å²) in [5.41, 5.74) is -5.84. The molecule has 0 aliphatic carbocycles. The summed E-state index contributed by atoms with van der Waals surface area (Å²) in [6, 6.07) is 4.00. The lowest BCUT2D eigenvalue weighted by molar-refractivity contribution is -0.375. The molecule has 1 atom stereocenters. The van der Waals surface area contributed by atoms with Crippen molar-refractivity contribution in [2.45, 2.75) is 50.4 Å². The highest BCUT2D eigenvalue weighted by Crippen LogP contribution is 2.51. The minimum atomic E-state index is -6.08. The van der Waals surface area contributed by atoms with Crippen molar-refractivity contribution < 1.29 is 45.7 Å². The Bertz CT molecular complexity index is 1120. The van der Waals surface area contributed by atoms with Crippen LogP contribution in [-0.2, 0) is 16.9 Å². The fourth-order valence-electron chi connectivity index (χ4n) is 3.52. The predicted octanol–water partition coefficient (Wildman–Crippen LogP) is 4.75. The second-order valence-corrected chi connectivity index (χ2v) is 8.93. The molecule has 188 valence electrons. The van der Waals surface area contributed by atoms with E-state index in [0.29, 0.717) is 19.4 Å². The Kier molecular flexibility index (Phi) is 7.42. The van der Waals surface area contributed by atoms with E-state index in [4.69, 9.17) is 21.1 Å². The molecular weight excluding hydrogens is 514 g/mol. The molecule has 2 aromatic rings. The van der Waals surface area contributed by atoms with E-state index >= 15 is 0 Å². The number of rotatable bonds is 5. The van der Waals surface area contributed by atoms with Gasteiger partial charge in [0.1, 0.15) is 5.75 Å². The average molecular weight is 533 g/mol. The van der Waals surface area contributed by atoms with E-state index in [-0.39, 0.29) is 34.2 Å². The molecule has 1 aliphatic rings. The number of nitrogens with zero attached hydrogens (tertiary/aromatic N) is 2. The van der Waals surface area contributed by atoms with E-state index in [2.05, 4.69) is 4.99 Å². The molecule has 0 bridgehead atoms. The minimum absolute atomic E-state index is 0.0550. The van der Waals surface area contributed by atoms with Crippen molar-refractivity contribution in [3.8, 4) is 5.75 Å². The zero-order chi connectivity index (χ0) is 25.5. The molecule has 0 saturated carbocycles. The van der Waals surface area contributed by atoms with E-state index in [1.165, 1.54) is 25.3 Å². The number of carbonyl (C=O) groups is 1. The van der Waals surface area contributed by atoms with Crippen LogP contribution in [0, 0.1) is 6.92 Å². The number of ether oxygens (including phenoxy) is 2. The van der Waals surface area contributed by atoms with Gasteiger partial charge < -0.3 is 19.1 Å². The molecule has 2 heterocycles. The van der Waals surface area contributed by atoms with Crippen molar-refractivity contribution in [1.82, 2.24) is 4.57 Å². The average Bonchev–Trinajstić information content (AvgIpc) is 3.35. The quantitative estimate of drug-likeness (QED) is 0.564. The smallest absolute Gasteiger partial charge is 0.431 e. The van der Waals surface area contributed by atoms with Gasteiger partial charge in [0.05, 0.1) is 30.2 Å². The molecule has 1 N–H and O–H groups in total. The van der Waals surface area contributed by atoms with Crippen molar-refractivity contribution in [1.29, 1.82) is 0 Å². The predicted molar refractivity (Wildman–Crippen MR) is 110 cm³/mol. The zero-order valence-corrected chi connectivity index (χ0v) is 19.3. The van der Waals surface area contributed by atoms with Gasteiger partial charge in [-0.05, 0) is 38.0 Å². The van der Waals surface area contributed by atoms with Gasteiger partial charge in [0, 0.05) is 17.3 Å². The Balaban J connectivity index is 2.24. The van der Waals surface area contributed by atoms with Crippen LogP contribution in [0.1, 0.15) is 33.8 Å². The fourth-order valence-corrected chi connectivity index (χ4v) is 4.97. The number of alkyl halides is 6. The van der Waals surface area contributed by atoms with E-state index in [0.717, 1.165) is 11.5 Å². The van der Waals surface area contributed by atoms with Crippen molar-refractivity contribution in [3.05, 3.63) is 44.2 Å². The third-order valence-electron chi connectivity index (χ3n) is 5.31. The summed E-state index contributed by atoms with van der Waals surface area (Å²) < 4.78 is 92.9. The number of hydrogen-bond donors (Lipinski definition) is 1. The SMILES string of the molecule is COc1ccc(Cl)cc1C(=O)/N=c1\sc(C(O)(C(F)(F)F)C(F)(F)F)c(C)n1C[C@H]1CCCO1. The maximum atomic E-state index is 13.6. The Morgan fingerprint density at radius 3 is 2.47 bits per heavy atom. The molecule has 1 fully saturated rings. The van der Waals surface area contributed by atoms with E-state index in [9.17, 15) is 36.2 Å². The number of aromatic nitrogens is 1. The first-order chi connectivity index (χ1) is 15.7. The van der Waals surface area contributed by atoms with Gasteiger partial charge in [-0.2, -0.15) is 31.3 Å². The van der Waals surface area contributed by atoms with Crippen molar-refractivity contribution in [2.75, 3.05) is 13.7 Å². The van der Waals surface area contributed by atoms with Gasteiger partial charge in [0.25, 0.3) is 11.5 Å². The summed E-state index contributed by atoms with van der Waals surface area (Å²) in [5.74, 6) is -0.949. The number of halogens is 7. The van der Waals surface area contributed by atoms with Crippen molar-refractivity contribution >= 4 is 28.8 Å². The maximum absolute atomic E-state index is 13.6. The van der Waals surface area contributed by atoms with Gasteiger partial charge in [0.2, 0.25) is 0 Å². The first-order valence-electron chi connectivity index (χ1n) is 9.81. The van der Waals surface area contributed by atoms with Crippen LogP contribution in [0.3, 0.4) is 0 Å². The molecule has 1 aromatic heterocycles. The van der Waals surface area contributed by atoms with Gasteiger partial charge in [-0.3, -0.25) is 4.79 Å². The molecule has 34 heavy (non-hydrogen) atoms. The van der Waals surface area contributed by atoms with Crippen LogP contribution in [0.5, 0.6) is 5.75 Å². The standard InChI is InChI=1S/C20H19ClF6N2O4S/c1-10-15(18(31,19(22,23)24)20(25,26)27)34-17(29(10)9-12-4-3-7-33-12)28-16(30)13-8-11(21)5-6-14(13)32-2/h5-6,8,12,31H,3-4,7,9H2,1-2H3/b28-17-/t12-/m1/s1. The fraction of sp³-hybridized carbons (Fsp3) is 0.500. The van der Waals surface area contributed by atoms with Crippen molar-refractivity contribution in [2.24, 2.45) is 4.99 Å². The lowest BCUT2D eigenvalue weighted by Crippen LogP contribution is -2.53. The molecular formula is C20H19ClF6N2O4S. The number of methoxy groups -OCH3 is 1. The van der Waals surface area contributed by atoms with E-state index in [1.54, 1.807) is 0 Å². The molecule has 0 radical (unpaired) electrons. The molecule has 1 saturated heterocycles. The van der Waals surface area contributed by atoms with Gasteiger partial charge >= 0.3 is 12.4 Å². The molecule has 1 aliphatic heterocycles. The van der Waals surface area contributed by atoms with Crippen LogP contribution < -0.4 is 9.54 Å². The number of aliphatic hydroxyl groups is 1. The first kappa shape index (κ1) is 26.5. The number of thiazole rings is 1. The maximum Gasteiger partial charge on any atom is 0.431 e. The summed E-state index contributed by atoms with van der Waals surface area (Å²) in [7, 11) is 1.26. The monoisotopic (exact) mass is 532 g/mol. The van der Waals surface area contributed by atoms with E-state index < -0.39 is 45.3 Å². The largest absolute Gasteiger partial charge is 0.496 e. The molecule has 3 rings (SSSR count).